The normalized spacial score (nSPS) is 12.0. The van der Waals surface area contributed by atoms with Crippen molar-refractivity contribution in [1.29, 1.82) is 0 Å². The molecule has 0 fully saturated rings. The first kappa shape index (κ1) is 17.7. The smallest absolute Gasteiger partial charge is 0.254 e. The molecule has 0 unspecified atom stereocenters. The molecule has 1 aromatic heterocycles. The maximum atomic E-state index is 12.3. The minimum absolute atomic E-state index is 0.0892. The Balaban J connectivity index is 2.74. The van der Waals surface area contributed by atoms with Crippen LogP contribution in [-0.2, 0) is 6.54 Å². The van der Waals surface area contributed by atoms with E-state index in [2.05, 4.69) is 24.3 Å². The Kier molecular flexibility index (Phi) is 6.40. The molecule has 0 aliphatic rings. The number of aromatic nitrogens is 2. The van der Waals surface area contributed by atoms with Gasteiger partial charge < -0.3 is 10.4 Å². The van der Waals surface area contributed by atoms with Crippen molar-refractivity contribution in [1.82, 2.24) is 15.1 Å². The van der Waals surface area contributed by atoms with Crippen LogP contribution in [0.5, 0.6) is 0 Å². The van der Waals surface area contributed by atoms with Crippen LogP contribution in [0.25, 0.3) is 0 Å². The Morgan fingerprint density at radius 1 is 1.43 bits per heavy atom. The number of carbonyl (C=O) groups is 1. The molecule has 0 saturated heterocycles. The molecule has 0 aliphatic heterocycles. The highest BCUT2D eigenvalue weighted by Gasteiger charge is 2.26. The fraction of sp³-hybridized carbons (Fsp3) is 0.750. The highest BCUT2D eigenvalue weighted by Crippen LogP contribution is 2.24. The van der Waals surface area contributed by atoms with Gasteiger partial charge in [-0.05, 0) is 25.7 Å². The van der Waals surface area contributed by atoms with Gasteiger partial charge in [0.25, 0.3) is 5.91 Å². The van der Waals surface area contributed by atoms with Crippen LogP contribution in [0.3, 0.4) is 0 Å². The monoisotopic (exact) mass is 295 g/mol. The molecule has 1 heterocycles. The lowest BCUT2D eigenvalue weighted by Gasteiger charge is -2.29. The molecule has 5 heteroatoms. The van der Waals surface area contributed by atoms with Crippen molar-refractivity contribution < 1.29 is 9.90 Å². The average Bonchev–Trinajstić information content (AvgIpc) is 2.81. The fourth-order valence-corrected chi connectivity index (χ4v) is 2.34. The van der Waals surface area contributed by atoms with Gasteiger partial charge in [-0.25, -0.2) is 0 Å². The van der Waals surface area contributed by atoms with Gasteiger partial charge in [-0.3, -0.25) is 9.48 Å². The van der Waals surface area contributed by atoms with Crippen molar-refractivity contribution in [3.05, 3.63) is 17.5 Å². The van der Waals surface area contributed by atoms with Crippen LogP contribution in [0.2, 0.25) is 0 Å². The first-order valence-electron chi connectivity index (χ1n) is 7.80. The van der Waals surface area contributed by atoms with Gasteiger partial charge in [0.1, 0.15) is 0 Å². The zero-order valence-corrected chi connectivity index (χ0v) is 13.9. The first-order valence-corrected chi connectivity index (χ1v) is 7.80. The van der Waals surface area contributed by atoms with E-state index in [1.165, 1.54) is 0 Å². The zero-order chi connectivity index (χ0) is 16.0. The van der Waals surface area contributed by atoms with E-state index in [0.717, 1.165) is 25.1 Å². The van der Waals surface area contributed by atoms with Gasteiger partial charge in [0, 0.05) is 24.2 Å². The molecule has 1 rings (SSSR count). The van der Waals surface area contributed by atoms with Crippen LogP contribution in [0.4, 0.5) is 0 Å². The van der Waals surface area contributed by atoms with Gasteiger partial charge >= 0.3 is 0 Å². The Hall–Kier alpha value is -1.36. The van der Waals surface area contributed by atoms with Crippen molar-refractivity contribution in [3.63, 3.8) is 0 Å². The second kappa shape index (κ2) is 7.59. The maximum absolute atomic E-state index is 12.3. The molecule has 0 bridgehead atoms. The molecule has 0 radical (unpaired) electrons. The number of hydrogen-bond donors (Lipinski definition) is 2. The largest absolute Gasteiger partial charge is 0.396 e. The topological polar surface area (TPSA) is 67.2 Å². The molecule has 1 aromatic rings. The summed E-state index contributed by atoms with van der Waals surface area (Å²) < 4.78 is 1.87. The SMILES string of the molecule is CCC(CC)(CO)CNC(=O)c1cnn(CC(C)C)c1C. The van der Waals surface area contributed by atoms with Gasteiger partial charge in [0.15, 0.2) is 0 Å². The molecule has 0 aliphatic carbocycles. The van der Waals surface area contributed by atoms with Gasteiger partial charge in [0.2, 0.25) is 0 Å². The molecule has 21 heavy (non-hydrogen) atoms. The predicted molar refractivity (Wildman–Crippen MR) is 84.2 cm³/mol. The van der Waals surface area contributed by atoms with Crippen LogP contribution < -0.4 is 5.32 Å². The minimum Gasteiger partial charge on any atom is -0.396 e. The molecule has 120 valence electrons. The highest BCUT2D eigenvalue weighted by atomic mass is 16.3. The van der Waals surface area contributed by atoms with E-state index in [1.807, 2.05) is 25.5 Å². The van der Waals surface area contributed by atoms with E-state index in [9.17, 15) is 9.90 Å². The third-order valence-corrected chi connectivity index (χ3v) is 4.35. The highest BCUT2D eigenvalue weighted by molar-refractivity contribution is 5.95. The molecule has 0 atom stereocenters. The molecule has 0 aromatic carbocycles. The Morgan fingerprint density at radius 3 is 2.52 bits per heavy atom. The Bertz CT molecular complexity index is 454. The van der Waals surface area contributed by atoms with E-state index in [4.69, 9.17) is 0 Å². The van der Waals surface area contributed by atoms with Crippen molar-refractivity contribution in [3.8, 4) is 0 Å². The van der Waals surface area contributed by atoms with Gasteiger partial charge in [0.05, 0.1) is 18.4 Å². The second-order valence-electron chi connectivity index (χ2n) is 6.27. The van der Waals surface area contributed by atoms with Crippen LogP contribution in [0.15, 0.2) is 6.20 Å². The fourth-order valence-electron chi connectivity index (χ4n) is 2.34. The summed E-state index contributed by atoms with van der Waals surface area (Å²) in [4.78, 5) is 12.3. The lowest BCUT2D eigenvalue weighted by atomic mass is 9.83. The maximum Gasteiger partial charge on any atom is 0.254 e. The number of nitrogens with one attached hydrogen (secondary N) is 1. The molecule has 5 nitrogen and oxygen atoms in total. The molecule has 0 saturated carbocycles. The summed E-state index contributed by atoms with van der Waals surface area (Å²) in [5.74, 6) is 0.379. The number of hydrogen-bond acceptors (Lipinski definition) is 3. The number of amides is 1. The number of aliphatic hydroxyl groups excluding tert-OH is 1. The molecular formula is C16H29N3O2. The van der Waals surface area contributed by atoms with E-state index in [1.54, 1.807) is 6.20 Å². The molecule has 1 amide bonds. The van der Waals surface area contributed by atoms with Gasteiger partial charge in [-0.15, -0.1) is 0 Å². The second-order valence-corrected chi connectivity index (χ2v) is 6.27. The summed E-state index contributed by atoms with van der Waals surface area (Å²) in [5.41, 5.74) is 1.29. The third-order valence-electron chi connectivity index (χ3n) is 4.35. The predicted octanol–water partition coefficient (Wildman–Crippen LogP) is 2.38. The van der Waals surface area contributed by atoms with Gasteiger partial charge in [-0.1, -0.05) is 27.7 Å². The number of nitrogens with zero attached hydrogens (tertiary/aromatic N) is 2. The van der Waals surface area contributed by atoms with E-state index in [-0.39, 0.29) is 17.9 Å². The lowest BCUT2D eigenvalue weighted by Crippen LogP contribution is -2.39. The summed E-state index contributed by atoms with van der Waals surface area (Å²) in [6.07, 6.45) is 3.31. The van der Waals surface area contributed by atoms with Crippen molar-refractivity contribution in [2.24, 2.45) is 11.3 Å². The third kappa shape index (κ3) is 4.30. The summed E-state index contributed by atoms with van der Waals surface area (Å²) in [6, 6.07) is 0. The van der Waals surface area contributed by atoms with Crippen LogP contribution >= 0.6 is 0 Å². The van der Waals surface area contributed by atoms with Crippen molar-refractivity contribution >= 4 is 5.91 Å². The minimum atomic E-state index is -0.225. The molecule has 0 spiro atoms. The quantitative estimate of drug-likeness (QED) is 0.774. The summed E-state index contributed by atoms with van der Waals surface area (Å²) in [7, 11) is 0. The van der Waals surface area contributed by atoms with E-state index >= 15 is 0 Å². The van der Waals surface area contributed by atoms with Crippen LogP contribution in [0.1, 0.15) is 56.6 Å². The Morgan fingerprint density at radius 2 is 2.05 bits per heavy atom. The zero-order valence-electron chi connectivity index (χ0n) is 13.9. The average molecular weight is 295 g/mol. The molecule has 2 N–H and O–H groups in total. The van der Waals surface area contributed by atoms with Crippen LogP contribution in [0, 0.1) is 18.3 Å². The number of rotatable bonds is 8. The first-order chi connectivity index (χ1) is 9.89. The van der Waals surface area contributed by atoms with Crippen LogP contribution in [-0.4, -0.2) is 33.9 Å². The van der Waals surface area contributed by atoms with Crippen molar-refractivity contribution in [2.45, 2.75) is 54.0 Å². The summed E-state index contributed by atoms with van der Waals surface area (Å²) >= 11 is 0. The standard InChI is InChI=1S/C16H29N3O2/c1-6-16(7-2,11-20)10-17-15(21)14-8-18-19(13(14)5)9-12(3)4/h8,12,20H,6-7,9-11H2,1-5H3,(H,17,21). The molecular weight excluding hydrogens is 266 g/mol. The van der Waals surface area contributed by atoms with Crippen molar-refractivity contribution in [2.75, 3.05) is 13.2 Å². The number of carbonyl (C=O) groups excluding carboxylic acids is 1. The Labute approximate surface area is 127 Å². The van der Waals surface area contributed by atoms with Gasteiger partial charge in [-0.2, -0.15) is 5.10 Å². The lowest BCUT2D eigenvalue weighted by molar-refractivity contribution is 0.0850. The van der Waals surface area contributed by atoms with E-state index < -0.39 is 0 Å². The summed E-state index contributed by atoms with van der Waals surface area (Å²) in [5, 5.41) is 16.8. The number of aliphatic hydroxyl groups is 1. The summed E-state index contributed by atoms with van der Waals surface area (Å²) in [6.45, 7) is 11.6. The van der Waals surface area contributed by atoms with E-state index in [0.29, 0.717) is 18.0 Å².